The third-order valence-corrected chi connectivity index (χ3v) is 7.57. The molecule has 0 spiro atoms. The van der Waals surface area contributed by atoms with Crippen LogP contribution in [0.2, 0.25) is 0 Å². The SMILES string of the molecule is NC(=O)c1cc(-c2cccnc2C(Cc2cc(F)cc(F)c2)NC(=O)CN=C2C(=C(N)C(F)(F)F)C3CC3C2O)ccc1F. The van der Waals surface area contributed by atoms with Crippen LogP contribution in [0.3, 0.4) is 0 Å². The minimum Gasteiger partial charge on any atom is -0.394 e. The zero-order valence-corrected chi connectivity index (χ0v) is 22.7. The van der Waals surface area contributed by atoms with Gasteiger partial charge < -0.3 is 21.9 Å². The van der Waals surface area contributed by atoms with E-state index in [9.17, 15) is 41.0 Å². The topological polar surface area (TPSA) is 144 Å². The van der Waals surface area contributed by atoms with Gasteiger partial charge in [-0.3, -0.25) is 19.6 Å². The Labute approximate surface area is 246 Å². The van der Waals surface area contributed by atoms with Gasteiger partial charge in [0.15, 0.2) is 0 Å². The molecule has 2 aliphatic rings. The van der Waals surface area contributed by atoms with Crippen molar-refractivity contribution in [3.05, 3.63) is 100 Å². The first-order valence-electron chi connectivity index (χ1n) is 13.3. The Morgan fingerprint density at radius 3 is 2.43 bits per heavy atom. The molecule has 1 heterocycles. The molecule has 4 unspecified atom stereocenters. The summed E-state index contributed by atoms with van der Waals surface area (Å²) in [5, 5.41) is 13.1. The summed E-state index contributed by atoms with van der Waals surface area (Å²) >= 11 is 0. The van der Waals surface area contributed by atoms with Gasteiger partial charge in [-0.05, 0) is 66.1 Å². The highest BCUT2D eigenvalue weighted by Crippen LogP contribution is 2.55. The number of primary amides is 1. The third kappa shape index (κ3) is 6.30. The molecule has 6 N–H and O–H groups in total. The molecule has 4 atom stereocenters. The van der Waals surface area contributed by atoms with Crippen LogP contribution in [0, 0.1) is 29.3 Å². The minimum absolute atomic E-state index is 0.127. The molecule has 44 heavy (non-hydrogen) atoms. The van der Waals surface area contributed by atoms with Crippen molar-refractivity contribution >= 4 is 17.5 Å². The number of carbonyl (C=O) groups excluding carboxylic acids is 2. The van der Waals surface area contributed by atoms with E-state index in [0.29, 0.717) is 23.6 Å². The van der Waals surface area contributed by atoms with Crippen molar-refractivity contribution in [1.82, 2.24) is 10.3 Å². The monoisotopic (exact) mass is 617 g/mol. The molecule has 3 aromatic rings. The fourth-order valence-electron chi connectivity index (χ4n) is 5.52. The van der Waals surface area contributed by atoms with Crippen molar-refractivity contribution in [2.24, 2.45) is 28.3 Å². The van der Waals surface area contributed by atoms with Crippen molar-refractivity contribution in [2.45, 2.75) is 31.2 Å². The van der Waals surface area contributed by atoms with Crippen molar-refractivity contribution in [3.63, 3.8) is 0 Å². The van der Waals surface area contributed by atoms with E-state index in [1.165, 1.54) is 24.4 Å². The van der Waals surface area contributed by atoms with E-state index in [2.05, 4.69) is 15.3 Å². The number of alkyl halides is 3. The highest BCUT2D eigenvalue weighted by Gasteiger charge is 2.57. The lowest BCUT2D eigenvalue weighted by Gasteiger charge is -2.22. The quantitative estimate of drug-likeness (QED) is 0.284. The second kappa shape index (κ2) is 11.8. The van der Waals surface area contributed by atoms with E-state index < -0.39 is 77.2 Å². The second-order valence-electron chi connectivity index (χ2n) is 10.6. The summed E-state index contributed by atoms with van der Waals surface area (Å²) in [5.74, 6) is -5.54. The van der Waals surface area contributed by atoms with E-state index in [1.807, 2.05) is 0 Å². The third-order valence-electron chi connectivity index (χ3n) is 7.57. The molecule has 5 rings (SSSR count). The van der Waals surface area contributed by atoms with Crippen LogP contribution in [0.1, 0.15) is 34.1 Å². The summed E-state index contributed by atoms with van der Waals surface area (Å²) in [6.07, 6.45) is -4.70. The molecule has 2 saturated carbocycles. The predicted molar refractivity (Wildman–Crippen MR) is 146 cm³/mol. The fourth-order valence-corrected chi connectivity index (χ4v) is 5.52. The van der Waals surface area contributed by atoms with Gasteiger partial charge in [0, 0.05) is 23.4 Å². The van der Waals surface area contributed by atoms with Crippen LogP contribution < -0.4 is 16.8 Å². The zero-order valence-electron chi connectivity index (χ0n) is 22.7. The number of aliphatic imine (C=N–C) groups is 1. The summed E-state index contributed by atoms with van der Waals surface area (Å²) < 4.78 is 82.4. The minimum atomic E-state index is -4.86. The molecule has 2 aromatic carbocycles. The van der Waals surface area contributed by atoms with Gasteiger partial charge in [-0.25, -0.2) is 13.2 Å². The van der Waals surface area contributed by atoms with Gasteiger partial charge in [-0.2, -0.15) is 13.2 Å². The lowest BCUT2D eigenvalue weighted by molar-refractivity contribution is -0.120. The normalized spacial score (nSPS) is 22.0. The van der Waals surface area contributed by atoms with Gasteiger partial charge in [0.25, 0.3) is 5.91 Å². The molecule has 2 amide bonds. The summed E-state index contributed by atoms with van der Waals surface area (Å²) in [6, 6.07) is 8.31. The standard InChI is InChI=1S/C30H25F6N5O3/c31-15-6-13(7-16(32)10-15)8-22(25-17(2-1-5-39-25)14-3-4-21(33)20(9-14)29(38)44)41-23(42)12-40-26-24(28(37)30(34,35)36)18-11-19(18)27(26)43/h1-7,9-10,18-19,22,27,43H,8,11-12,37H2,(H2,38,44)(H,41,42). The molecule has 14 heteroatoms. The first-order chi connectivity index (χ1) is 20.7. The Bertz CT molecular complexity index is 1690. The second-order valence-corrected chi connectivity index (χ2v) is 10.6. The van der Waals surface area contributed by atoms with Gasteiger partial charge in [0.2, 0.25) is 5.91 Å². The average Bonchev–Trinajstić information content (AvgIpc) is 3.68. The Morgan fingerprint density at radius 2 is 1.77 bits per heavy atom. The molecule has 1 aromatic heterocycles. The van der Waals surface area contributed by atoms with Crippen LogP contribution in [-0.4, -0.2) is 46.4 Å². The van der Waals surface area contributed by atoms with E-state index in [-0.39, 0.29) is 29.0 Å². The van der Waals surface area contributed by atoms with Crippen LogP contribution in [0.4, 0.5) is 26.3 Å². The molecule has 0 radical (unpaired) electrons. The first-order valence-corrected chi connectivity index (χ1v) is 13.3. The van der Waals surface area contributed by atoms with Gasteiger partial charge in [-0.15, -0.1) is 0 Å². The number of nitrogens with zero attached hydrogens (tertiary/aromatic N) is 2. The van der Waals surface area contributed by atoms with Gasteiger partial charge in [0.05, 0.1) is 29.1 Å². The highest BCUT2D eigenvalue weighted by atomic mass is 19.4. The van der Waals surface area contributed by atoms with Crippen LogP contribution in [0.25, 0.3) is 11.1 Å². The van der Waals surface area contributed by atoms with Crippen LogP contribution in [0.15, 0.2) is 71.0 Å². The maximum absolute atomic E-state index is 14.2. The largest absolute Gasteiger partial charge is 0.431 e. The van der Waals surface area contributed by atoms with E-state index in [1.54, 1.807) is 6.07 Å². The van der Waals surface area contributed by atoms with E-state index >= 15 is 0 Å². The molecule has 0 bridgehead atoms. The van der Waals surface area contributed by atoms with E-state index in [0.717, 1.165) is 18.2 Å². The van der Waals surface area contributed by atoms with Crippen LogP contribution in [-0.2, 0) is 11.2 Å². The molecular formula is C30H25F6N5O3. The first kappa shape index (κ1) is 30.7. The number of carbonyl (C=O) groups is 2. The molecule has 8 nitrogen and oxygen atoms in total. The smallest absolute Gasteiger partial charge is 0.394 e. The highest BCUT2D eigenvalue weighted by molar-refractivity contribution is 6.09. The number of nitrogens with one attached hydrogen (secondary N) is 1. The van der Waals surface area contributed by atoms with Crippen LogP contribution >= 0.6 is 0 Å². The number of aromatic nitrogens is 1. The summed E-state index contributed by atoms with van der Waals surface area (Å²) in [5.41, 5.74) is 9.10. The summed E-state index contributed by atoms with van der Waals surface area (Å²) in [7, 11) is 0. The molecule has 230 valence electrons. The van der Waals surface area contributed by atoms with Crippen LogP contribution in [0.5, 0.6) is 0 Å². The number of aliphatic hydroxyl groups is 1. The Hall–Kier alpha value is -4.72. The maximum Gasteiger partial charge on any atom is 0.431 e. The molecule has 2 aliphatic carbocycles. The number of hydrogen-bond donors (Lipinski definition) is 4. The van der Waals surface area contributed by atoms with Crippen molar-refractivity contribution in [1.29, 1.82) is 0 Å². The maximum atomic E-state index is 14.2. The number of benzene rings is 2. The van der Waals surface area contributed by atoms with Gasteiger partial charge in [0.1, 0.15) is 29.7 Å². The van der Waals surface area contributed by atoms with Gasteiger partial charge in [-0.1, -0.05) is 12.1 Å². The zero-order chi connectivity index (χ0) is 31.9. The Balaban J connectivity index is 1.49. The number of pyridine rings is 1. The lowest BCUT2D eigenvalue weighted by Crippen LogP contribution is -2.34. The number of nitrogens with two attached hydrogens (primary N) is 2. The average molecular weight is 618 g/mol. The summed E-state index contributed by atoms with van der Waals surface area (Å²) in [4.78, 5) is 33.2. The van der Waals surface area contributed by atoms with E-state index in [4.69, 9.17) is 11.5 Å². The molecule has 2 fully saturated rings. The summed E-state index contributed by atoms with van der Waals surface area (Å²) in [6.45, 7) is -0.709. The van der Waals surface area contributed by atoms with Crippen molar-refractivity contribution in [3.8, 4) is 11.1 Å². The molecular weight excluding hydrogens is 592 g/mol. The Kier molecular flexibility index (Phi) is 8.21. The van der Waals surface area contributed by atoms with Gasteiger partial charge >= 0.3 is 6.18 Å². The number of aliphatic hydroxyl groups excluding tert-OH is 1. The predicted octanol–water partition coefficient (Wildman–Crippen LogP) is 3.89. The van der Waals surface area contributed by atoms with Crippen molar-refractivity contribution < 1.29 is 41.0 Å². The number of hydrogen-bond acceptors (Lipinski definition) is 6. The number of halogens is 6. The molecule has 0 saturated heterocycles. The van der Waals surface area contributed by atoms with Crippen molar-refractivity contribution in [2.75, 3.05) is 6.54 Å². The lowest BCUT2D eigenvalue weighted by atomic mass is 9.94. The Morgan fingerprint density at radius 1 is 1.07 bits per heavy atom. The number of fused-ring (bicyclic) bond motifs is 1. The molecule has 0 aliphatic heterocycles. The fraction of sp³-hybridized carbons (Fsp3) is 0.267. The number of amides is 2. The number of rotatable bonds is 8. The number of allylic oxidation sites excluding steroid dienone is 1.